The number of ether oxygens (including phenoxy) is 1. The van der Waals surface area contributed by atoms with E-state index < -0.39 is 11.7 Å². The summed E-state index contributed by atoms with van der Waals surface area (Å²) in [7, 11) is 0. The Hall–Kier alpha value is -4.46. The molecule has 0 unspecified atom stereocenters. The van der Waals surface area contributed by atoms with Crippen molar-refractivity contribution in [3.63, 3.8) is 0 Å². The molecule has 4 aromatic rings. The van der Waals surface area contributed by atoms with Gasteiger partial charge in [0.1, 0.15) is 12.3 Å². The molecule has 2 aromatic carbocycles. The predicted octanol–water partition coefficient (Wildman–Crippen LogP) is 5.04. The number of halogens is 1. The Labute approximate surface area is 224 Å². The molecule has 2 aliphatic heterocycles. The Balaban J connectivity index is 1.27. The summed E-state index contributed by atoms with van der Waals surface area (Å²) >= 11 is 0. The topological polar surface area (TPSA) is 89.9 Å². The third kappa shape index (κ3) is 3.90. The van der Waals surface area contributed by atoms with E-state index in [2.05, 4.69) is 19.1 Å². The van der Waals surface area contributed by atoms with Gasteiger partial charge in [-0.05, 0) is 67.0 Å². The number of hydrogen-bond acceptors (Lipinski definition) is 4. The summed E-state index contributed by atoms with van der Waals surface area (Å²) in [5.74, 6) is -0.731. The predicted molar refractivity (Wildman–Crippen MR) is 145 cm³/mol. The summed E-state index contributed by atoms with van der Waals surface area (Å²) < 4.78 is 23.0. The monoisotopic (exact) mass is 522 g/mol. The number of imidazole rings is 1. The van der Waals surface area contributed by atoms with Crippen molar-refractivity contribution >= 4 is 23.5 Å². The highest BCUT2D eigenvalue weighted by Crippen LogP contribution is 2.43. The van der Waals surface area contributed by atoms with Crippen LogP contribution in [0.25, 0.3) is 23.0 Å². The van der Waals surface area contributed by atoms with Crippen molar-refractivity contribution < 1.29 is 18.7 Å². The van der Waals surface area contributed by atoms with Gasteiger partial charge < -0.3 is 19.8 Å². The van der Waals surface area contributed by atoms with Crippen LogP contribution in [-0.4, -0.2) is 39.3 Å². The average molecular weight is 523 g/mol. The lowest BCUT2D eigenvalue weighted by Gasteiger charge is -2.35. The summed E-state index contributed by atoms with van der Waals surface area (Å²) in [6.07, 6.45) is 8.04. The Morgan fingerprint density at radius 1 is 1.10 bits per heavy atom. The molecule has 0 bridgehead atoms. The molecule has 1 saturated carbocycles. The quantitative estimate of drug-likeness (QED) is 0.407. The zero-order chi connectivity index (χ0) is 26.8. The highest BCUT2D eigenvalue weighted by atomic mass is 19.1. The van der Waals surface area contributed by atoms with Gasteiger partial charge in [0, 0.05) is 30.1 Å². The Morgan fingerprint density at radius 3 is 2.72 bits per heavy atom. The van der Waals surface area contributed by atoms with E-state index in [-0.39, 0.29) is 24.3 Å². The van der Waals surface area contributed by atoms with E-state index in [9.17, 15) is 9.59 Å². The van der Waals surface area contributed by atoms with Crippen LogP contribution in [0.3, 0.4) is 0 Å². The maximum atomic E-state index is 15.6. The number of carbonyl (C=O) groups excluding carboxylic acids is 2. The van der Waals surface area contributed by atoms with Crippen LogP contribution in [-0.2, 0) is 11.2 Å². The molecule has 0 spiro atoms. The standard InChI is InChI=1S/C31H27FN4O3/c1-17-23-5-3-2-4-18(23)10-11-36(17)31(38)21-13-25(19-6-7-19)30-34-26(15-35(30)14-21)24-9-8-20-12-22(29(33)37)16-39-28(20)27(24)32/h2-5,8-9,12-15,17,19H,6-7,10-11,16H2,1H3,(H2,33,37)/t17-/m1/s1. The first-order valence-electron chi connectivity index (χ1n) is 13.3. The molecule has 196 valence electrons. The molecule has 0 saturated heterocycles. The number of primary amides is 1. The van der Waals surface area contributed by atoms with Crippen LogP contribution in [0.4, 0.5) is 4.39 Å². The van der Waals surface area contributed by atoms with Gasteiger partial charge in [0.2, 0.25) is 5.91 Å². The molecule has 1 atom stereocenters. The van der Waals surface area contributed by atoms with Gasteiger partial charge >= 0.3 is 0 Å². The number of benzene rings is 2. The first kappa shape index (κ1) is 23.6. The third-order valence-corrected chi connectivity index (χ3v) is 8.12. The minimum absolute atomic E-state index is 0.0125. The summed E-state index contributed by atoms with van der Waals surface area (Å²) in [6.45, 7) is 2.66. The number of aromatic nitrogens is 2. The first-order valence-corrected chi connectivity index (χ1v) is 13.3. The van der Waals surface area contributed by atoms with Gasteiger partial charge in [0.15, 0.2) is 11.6 Å². The SMILES string of the molecule is C[C@@H]1c2ccccc2CCN1C(=O)c1cc(C2CC2)c2nc(-c3ccc4c(c3F)OCC(C(N)=O)=C4)cn2c1. The Bertz CT molecular complexity index is 1720. The fraction of sp³-hybridized carbons (Fsp3) is 0.258. The van der Waals surface area contributed by atoms with Gasteiger partial charge in [-0.25, -0.2) is 9.37 Å². The largest absolute Gasteiger partial charge is 0.485 e. The van der Waals surface area contributed by atoms with Crippen molar-refractivity contribution in [1.29, 1.82) is 0 Å². The van der Waals surface area contributed by atoms with Crippen molar-refractivity contribution in [3.8, 4) is 17.0 Å². The molecule has 4 heterocycles. The van der Waals surface area contributed by atoms with Gasteiger partial charge in [0.25, 0.3) is 5.91 Å². The van der Waals surface area contributed by atoms with Gasteiger partial charge in [-0.3, -0.25) is 9.59 Å². The van der Waals surface area contributed by atoms with Gasteiger partial charge in [0.05, 0.1) is 22.9 Å². The molecular weight excluding hydrogens is 495 g/mol. The Morgan fingerprint density at radius 2 is 1.92 bits per heavy atom. The van der Waals surface area contributed by atoms with E-state index in [0.717, 1.165) is 30.5 Å². The van der Waals surface area contributed by atoms with E-state index in [1.54, 1.807) is 24.4 Å². The fourth-order valence-electron chi connectivity index (χ4n) is 5.83. The second-order valence-corrected chi connectivity index (χ2v) is 10.6. The second kappa shape index (κ2) is 8.80. The Kier molecular flexibility index (Phi) is 5.33. The van der Waals surface area contributed by atoms with E-state index in [1.807, 2.05) is 33.7 Å². The molecule has 2 amide bonds. The number of amides is 2. The van der Waals surface area contributed by atoms with Crippen molar-refractivity contribution in [2.45, 2.75) is 38.1 Å². The third-order valence-electron chi connectivity index (χ3n) is 8.12. The van der Waals surface area contributed by atoms with E-state index in [4.69, 9.17) is 15.5 Å². The van der Waals surface area contributed by atoms with E-state index in [1.165, 1.54) is 11.1 Å². The molecule has 1 aliphatic carbocycles. The van der Waals surface area contributed by atoms with Crippen LogP contribution in [0, 0.1) is 5.82 Å². The van der Waals surface area contributed by atoms with Crippen molar-refractivity contribution in [2.75, 3.05) is 13.2 Å². The highest BCUT2D eigenvalue weighted by molar-refractivity contribution is 5.98. The van der Waals surface area contributed by atoms with Gasteiger partial charge in [-0.1, -0.05) is 30.3 Å². The lowest BCUT2D eigenvalue weighted by atomic mass is 9.93. The number of pyridine rings is 1. The molecule has 7 nitrogen and oxygen atoms in total. The van der Waals surface area contributed by atoms with Crippen LogP contribution in [0.2, 0.25) is 0 Å². The molecule has 0 radical (unpaired) electrons. The van der Waals surface area contributed by atoms with Crippen LogP contribution in [0.1, 0.15) is 64.3 Å². The average Bonchev–Trinajstić information content (AvgIpc) is 3.70. The summed E-state index contributed by atoms with van der Waals surface area (Å²) in [5.41, 5.74) is 11.7. The maximum absolute atomic E-state index is 15.6. The zero-order valence-electron chi connectivity index (χ0n) is 21.5. The fourth-order valence-corrected chi connectivity index (χ4v) is 5.83. The van der Waals surface area contributed by atoms with Crippen LogP contribution >= 0.6 is 0 Å². The van der Waals surface area contributed by atoms with E-state index >= 15 is 4.39 Å². The smallest absolute Gasteiger partial charge is 0.255 e. The lowest BCUT2D eigenvalue weighted by molar-refractivity contribution is -0.114. The molecule has 7 rings (SSSR count). The normalized spacial score (nSPS) is 18.3. The molecule has 8 heteroatoms. The number of rotatable bonds is 4. The van der Waals surface area contributed by atoms with Crippen LogP contribution in [0.5, 0.6) is 5.75 Å². The van der Waals surface area contributed by atoms with Crippen molar-refractivity contribution in [1.82, 2.24) is 14.3 Å². The number of carbonyl (C=O) groups is 2. The van der Waals surface area contributed by atoms with Crippen molar-refractivity contribution in [2.24, 2.45) is 5.73 Å². The molecule has 39 heavy (non-hydrogen) atoms. The highest BCUT2D eigenvalue weighted by Gasteiger charge is 2.32. The summed E-state index contributed by atoms with van der Waals surface area (Å²) in [5, 5.41) is 0. The molecule has 2 aromatic heterocycles. The number of nitrogens with zero attached hydrogens (tertiary/aromatic N) is 3. The zero-order valence-corrected chi connectivity index (χ0v) is 21.5. The van der Waals surface area contributed by atoms with E-state index in [0.29, 0.717) is 40.4 Å². The molecule has 2 N–H and O–H groups in total. The number of hydrogen-bond donors (Lipinski definition) is 1. The lowest BCUT2D eigenvalue weighted by Crippen LogP contribution is -2.39. The first-order chi connectivity index (χ1) is 18.9. The molecular formula is C31H27FN4O3. The summed E-state index contributed by atoms with van der Waals surface area (Å²) in [4.78, 5) is 32.1. The number of nitrogens with two attached hydrogens (primary N) is 1. The van der Waals surface area contributed by atoms with Crippen LogP contribution in [0.15, 0.2) is 60.4 Å². The van der Waals surface area contributed by atoms with Gasteiger partial charge in [-0.2, -0.15) is 0 Å². The van der Waals surface area contributed by atoms with Crippen LogP contribution < -0.4 is 10.5 Å². The van der Waals surface area contributed by atoms with Crippen molar-refractivity contribution in [3.05, 3.63) is 94.1 Å². The number of fused-ring (bicyclic) bond motifs is 3. The van der Waals surface area contributed by atoms with Gasteiger partial charge in [-0.15, -0.1) is 0 Å². The maximum Gasteiger partial charge on any atom is 0.255 e. The molecule has 1 fully saturated rings. The molecule has 3 aliphatic rings. The second-order valence-electron chi connectivity index (χ2n) is 10.6. The summed E-state index contributed by atoms with van der Waals surface area (Å²) in [6, 6.07) is 13.6. The minimum atomic E-state index is -0.591. The minimum Gasteiger partial charge on any atom is -0.485 e.